The predicted octanol–water partition coefficient (Wildman–Crippen LogP) is 3.48. The zero-order valence-electron chi connectivity index (χ0n) is 26.5. The summed E-state index contributed by atoms with van der Waals surface area (Å²) in [6.45, 7) is 8.76. The van der Waals surface area contributed by atoms with Crippen molar-refractivity contribution in [1.29, 1.82) is 0 Å². The Morgan fingerprint density at radius 3 is 2.16 bits per heavy atom. The molecule has 4 N–H and O–H groups in total. The molecule has 0 radical (unpaired) electrons. The van der Waals surface area contributed by atoms with Crippen LogP contribution in [0.1, 0.15) is 46.1 Å². The third-order valence-electron chi connectivity index (χ3n) is 7.36. The van der Waals surface area contributed by atoms with Crippen LogP contribution >= 0.6 is 0 Å². The number of carbonyl (C=O) groups is 3. The van der Waals surface area contributed by atoms with Crippen molar-refractivity contribution in [3.05, 3.63) is 71.6 Å². The smallest absolute Gasteiger partial charge is 0.327 e. The molecular weight excluding hydrogens is 596 g/mol. The molecule has 0 spiro atoms. The number of hydrogen-bond acceptors (Lipinski definition) is 8. The standard InChI is InChI=1S/C33H46N4O7S/c1-23(2)20-29(34)32(40)37(33(41)36-15-17-44-18-16-36)30(21-24(3)4)31(39)35-26(22-25-10-12-27(38)13-11-25)14-19-45(42,43)28-8-6-5-7-9-28/h5-14,19,23-24,26,29-30,38H,15-18,20-22,34H2,1-4H3,(H,35,39)/t26-,29+,30+/m1/s1. The molecule has 2 aromatic rings. The van der Waals surface area contributed by atoms with Gasteiger partial charge in [-0.3, -0.25) is 14.5 Å². The summed E-state index contributed by atoms with van der Waals surface area (Å²) in [5.41, 5.74) is 7.02. The normalized spacial score (nSPS) is 16.0. The first kappa shape index (κ1) is 35.7. The third kappa shape index (κ3) is 10.7. The van der Waals surface area contributed by atoms with E-state index >= 15 is 0 Å². The fourth-order valence-corrected chi connectivity index (χ4v) is 6.16. The van der Waals surface area contributed by atoms with E-state index in [4.69, 9.17) is 10.5 Å². The lowest BCUT2D eigenvalue weighted by Crippen LogP contribution is -2.61. The number of ether oxygens (including phenoxy) is 1. The van der Waals surface area contributed by atoms with Gasteiger partial charge in [0, 0.05) is 18.5 Å². The van der Waals surface area contributed by atoms with E-state index in [1.807, 2.05) is 27.7 Å². The van der Waals surface area contributed by atoms with Crippen LogP contribution in [0, 0.1) is 11.8 Å². The number of morpholine rings is 1. The Kier molecular flexibility index (Phi) is 13.1. The molecule has 1 fully saturated rings. The molecule has 3 atom stereocenters. The van der Waals surface area contributed by atoms with Gasteiger partial charge < -0.3 is 25.8 Å². The zero-order chi connectivity index (χ0) is 33.1. The highest BCUT2D eigenvalue weighted by Gasteiger charge is 2.40. The van der Waals surface area contributed by atoms with E-state index in [2.05, 4.69) is 5.32 Å². The minimum Gasteiger partial charge on any atom is -0.508 e. The predicted molar refractivity (Wildman–Crippen MR) is 172 cm³/mol. The monoisotopic (exact) mass is 642 g/mol. The summed E-state index contributed by atoms with van der Waals surface area (Å²) in [6, 6.07) is 10.6. The molecule has 0 saturated carbocycles. The van der Waals surface area contributed by atoms with Gasteiger partial charge in [0.15, 0.2) is 9.84 Å². The molecule has 2 aromatic carbocycles. The van der Waals surface area contributed by atoms with Crippen LogP contribution in [-0.4, -0.2) is 85.6 Å². The van der Waals surface area contributed by atoms with Crippen molar-refractivity contribution < 1.29 is 32.6 Å². The number of amides is 4. The molecule has 12 heteroatoms. The van der Waals surface area contributed by atoms with Gasteiger partial charge in [-0.1, -0.05) is 64.1 Å². The van der Waals surface area contributed by atoms with Crippen LogP contribution in [-0.2, 0) is 30.6 Å². The lowest BCUT2D eigenvalue weighted by atomic mass is 9.98. The van der Waals surface area contributed by atoms with Crippen LogP contribution in [0.15, 0.2) is 71.0 Å². The second kappa shape index (κ2) is 16.5. The molecule has 0 aromatic heterocycles. The summed E-state index contributed by atoms with van der Waals surface area (Å²) in [5.74, 6) is -1.20. The van der Waals surface area contributed by atoms with Crippen LogP contribution in [0.25, 0.3) is 0 Å². The number of phenols is 1. The van der Waals surface area contributed by atoms with Gasteiger partial charge in [0.1, 0.15) is 11.8 Å². The number of urea groups is 1. The van der Waals surface area contributed by atoms with Gasteiger partial charge in [-0.15, -0.1) is 0 Å². The number of benzene rings is 2. The molecule has 1 aliphatic heterocycles. The molecule has 45 heavy (non-hydrogen) atoms. The molecule has 0 unspecified atom stereocenters. The van der Waals surface area contributed by atoms with Gasteiger partial charge in [0.05, 0.1) is 30.2 Å². The van der Waals surface area contributed by atoms with E-state index < -0.39 is 45.8 Å². The SMILES string of the molecule is CC(C)C[C@H](N)C(=O)N(C(=O)N1CCOCC1)[C@@H](CC(C)C)C(=O)N[C@H](C=CS(=O)(=O)c1ccccc1)Cc1ccc(O)cc1. The molecular formula is C33H46N4O7S. The quantitative estimate of drug-likeness (QED) is 0.300. The van der Waals surface area contributed by atoms with E-state index in [0.717, 1.165) is 15.9 Å². The van der Waals surface area contributed by atoms with Gasteiger partial charge in [-0.2, -0.15) is 0 Å². The summed E-state index contributed by atoms with van der Waals surface area (Å²) in [5, 5.41) is 13.7. The molecule has 1 saturated heterocycles. The number of hydrogen-bond donors (Lipinski definition) is 3. The van der Waals surface area contributed by atoms with Gasteiger partial charge in [0.25, 0.3) is 0 Å². The van der Waals surface area contributed by atoms with Gasteiger partial charge in [0.2, 0.25) is 11.8 Å². The third-order valence-corrected chi connectivity index (χ3v) is 8.80. The molecule has 4 amide bonds. The first-order valence-electron chi connectivity index (χ1n) is 15.3. The Bertz CT molecular complexity index is 1410. The Morgan fingerprint density at radius 1 is 0.978 bits per heavy atom. The number of nitrogens with one attached hydrogen (secondary N) is 1. The van der Waals surface area contributed by atoms with Crippen molar-refractivity contribution in [2.45, 2.75) is 70.0 Å². The average molecular weight is 643 g/mol. The summed E-state index contributed by atoms with van der Waals surface area (Å²) < 4.78 is 31.5. The average Bonchev–Trinajstić information content (AvgIpc) is 3.00. The maximum absolute atomic E-state index is 14.1. The van der Waals surface area contributed by atoms with E-state index in [0.29, 0.717) is 19.6 Å². The van der Waals surface area contributed by atoms with E-state index in [9.17, 15) is 27.9 Å². The first-order valence-corrected chi connectivity index (χ1v) is 16.8. The lowest BCUT2D eigenvalue weighted by molar-refractivity contribution is -0.140. The highest BCUT2D eigenvalue weighted by atomic mass is 32.2. The molecule has 246 valence electrons. The van der Waals surface area contributed by atoms with Crippen molar-refractivity contribution in [2.24, 2.45) is 17.6 Å². The number of carbonyl (C=O) groups excluding carboxylic acids is 3. The Labute approximate surface area is 266 Å². The van der Waals surface area contributed by atoms with Gasteiger partial charge >= 0.3 is 6.03 Å². The molecule has 0 aliphatic carbocycles. The van der Waals surface area contributed by atoms with Crippen LogP contribution in [0.5, 0.6) is 5.75 Å². The number of nitrogens with two attached hydrogens (primary N) is 1. The summed E-state index contributed by atoms with van der Waals surface area (Å²) in [6.07, 6.45) is 2.06. The number of phenolic OH excluding ortho intramolecular Hbond substituents is 1. The minimum atomic E-state index is -3.84. The molecule has 11 nitrogen and oxygen atoms in total. The highest BCUT2D eigenvalue weighted by molar-refractivity contribution is 7.94. The van der Waals surface area contributed by atoms with Crippen LogP contribution in [0.3, 0.4) is 0 Å². The first-order chi connectivity index (χ1) is 21.3. The highest BCUT2D eigenvalue weighted by Crippen LogP contribution is 2.20. The summed E-state index contributed by atoms with van der Waals surface area (Å²) in [4.78, 5) is 44.5. The largest absolute Gasteiger partial charge is 0.508 e. The number of imide groups is 1. The van der Waals surface area contributed by atoms with Crippen molar-refractivity contribution in [2.75, 3.05) is 26.3 Å². The Morgan fingerprint density at radius 2 is 1.58 bits per heavy atom. The molecule has 0 bridgehead atoms. The lowest BCUT2D eigenvalue weighted by Gasteiger charge is -2.37. The van der Waals surface area contributed by atoms with Crippen molar-refractivity contribution in [3.63, 3.8) is 0 Å². The van der Waals surface area contributed by atoms with Crippen LogP contribution in [0.4, 0.5) is 4.79 Å². The minimum absolute atomic E-state index is 0.0621. The van der Waals surface area contributed by atoms with Crippen molar-refractivity contribution >= 4 is 27.7 Å². The number of aromatic hydroxyl groups is 1. The van der Waals surface area contributed by atoms with Crippen LogP contribution < -0.4 is 11.1 Å². The van der Waals surface area contributed by atoms with Gasteiger partial charge in [-0.05, 0) is 60.9 Å². The molecule has 3 rings (SSSR count). The number of rotatable bonds is 13. The Balaban J connectivity index is 2.00. The molecule has 1 aliphatic rings. The second-order valence-corrected chi connectivity index (χ2v) is 14.0. The van der Waals surface area contributed by atoms with Crippen molar-refractivity contribution in [3.8, 4) is 5.75 Å². The fraction of sp³-hybridized carbons (Fsp3) is 0.485. The second-order valence-electron chi connectivity index (χ2n) is 12.1. The molecule has 1 heterocycles. The van der Waals surface area contributed by atoms with Crippen molar-refractivity contribution in [1.82, 2.24) is 15.1 Å². The van der Waals surface area contributed by atoms with E-state index in [-0.39, 0.29) is 48.4 Å². The maximum Gasteiger partial charge on any atom is 0.327 e. The van der Waals surface area contributed by atoms with Gasteiger partial charge in [-0.25, -0.2) is 13.2 Å². The number of nitrogens with zero attached hydrogens (tertiary/aromatic N) is 2. The summed E-state index contributed by atoms with van der Waals surface area (Å²) in [7, 11) is -3.84. The zero-order valence-corrected chi connectivity index (χ0v) is 27.3. The fourth-order valence-electron chi connectivity index (χ4n) is 5.07. The maximum atomic E-state index is 14.1. The summed E-state index contributed by atoms with van der Waals surface area (Å²) >= 11 is 0. The van der Waals surface area contributed by atoms with Crippen LogP contribution in [0.2, 0.25) is 0 Å². The Hall–Kier alpha value is -3.74. The van der Waals surface area contributed by atoms with E-state index in [1.54, 1.807) is 30.3 Å². The van der Waals surface area contributed by atoms with E-state index in [1.165, 1.54) is 35.2 Å². The number of sulfone groups is 1. The topological polar surface area (TPSA) is 159 Å².